The summed E-state index contributed by atoms with van der Waals surface area (Å²) in [4.78, 5) is 22.9. The van der Waals surface area contributed by atoms with Gasteiger partial charge in [0.15, 0.2) is 0 Å². The molecule has 9 heteroatoms. The molecular formula is C60H121N2O6P. The van der Waals surface area contributed by atoms with Crippen molar-refractivity contribution in [2.24, 2.45) is 5.73 Å². The van der Waals surface area contributed by atoms with Gasteiger partial charge >= 0.3 is 7.82 Å². The van der Waals surface area contributed by atoms with Gasteiger partial charge < -0.3 is 21.1 Å². The number of carbonyl (C=O) groups excluding carboxylic acids is 1. The number of carbonyl (C=O) groups is 1. The average molecular weight is 998 g/mol. The molecule has 0 fully saturated rings. The molecule has 0 rings (SSSR count). The fraction of sp³-hybridized carbons (Fsp3) is 0.950. The van der Waals surface area contributed by atoms with E-state index in [0.717, 1.165) is 38.5 Å². The SMILES string of the molecule is CCCCCCCCCCCCCCC/C=C/[C@@H](O)[C@H](COP(=O)(O)OCCN)NC(=O)CCCCCCCCCCCCCCCCCCCCCCCCCCCCCCCCCCCCC. The lowest BCUT2D eigenvalue weighted by atomic mass is 10.0. The lowest BCUT2D eigenvalue weighted by molar-refractivity contribution is -0.123. The van der Waals surface area contributed by atoms with E-state index in [2.05, 4.69) is 19.2 Å². The van der Waals surface area contributed by atoms with Crippen molar-refractivity contribution in [1.29, 1.82) is 0 Å². The Labute approximate surface area is 430 Å². The number of hydrogen-bond acceptors (Lipinski definition) is 6. The maximum Gasteiger partial charge on any atom is 0.472 e. The summed E-state index contributed by atoms with van der Waals surface area (Å²) < 4.78 is 22.3. The van der Waals surface area contributed by atoms with Crippen LogP contribution in [0.25, 0.3) is 0 Å². The number of allylic oxidation sites excluding steroid dienone is 1. The van der Waals surface area contributed by atoms with Crippen LogP contribution < -0.4 is 11.1 Å². The van der Waals surface area contributed by atoms with Gasteiger partial charge in [0.1, 0.15) is 0 Å². The first-order valence-electron chi connectivity index (χ1n) is 30.8. The van der Waals surface area contributed by atoms with Crippen LogP contribution in [0.4, 0.5) is 0 Å². The third kappa shape index (κ3) is 54.8. The number of amides is 1. The van der Waals surface area contributed by atoms with Gasteiger partial charge in [-0.05, 0) is 19.3 Å². The van der Waals surface area contributed by atoms with Crippen molar-refractivity contribution in [1.82, 2.24) is 5.32 Å². The number of hydrogen-bond donors (Lipinski definition) is 4. The summed E-state index contributed by atoms with van der Waals surface area (Å²) in [5, 5.41) is 13.8. The van der Waals surface area contributed by atoms with Gasteiger partial charge in [-0.15, -0.1) is 0 Å². The Bertz CT molecular complexity index is 1090. The molecule has 1 unspecified atom stereocenters. The zero-order valence-electron chi connectivity index (χ0n) is 46.3. The summed E-state index contributed by atoms with van der Waals surface area (Å²) in [7, 11) is -4.34. The Morgan fingerprint density at radius 3 is 1.03 bits per heavy atom. The van der Waals surface area contributed by atoms with Gasteiger partial charge in [0.25, 0.3) is 0 Å². The number of aliphatic hydroxyl groups excluding tert-OH is 1. The molecule has 0 spiro atoms. The van der Waals surface area contributed by atoms with E-state index in [4.69, 9.17) is 14.8 Å². The van der Waals surface area contributed by atoms with Crippen LogP contribution in [0.15, 0.2) is 12.2 Å². The molecule has 5 N–H and O–H groups in total. The van der Waals surface area contributed by atoms with Gasteiger partial charge in [0, 0.05) is 13.0 Å². The smallest absolute Gasteiger partial charge is 0.387 e. The monoisotopic (exact) mass is 997 g/mol. The Kier molecular flexibility index (Phi) is 55.9. The van der Waals surface area contributed by atoms with Crippen molar-refractivity contribution in [3.63, 3.8) is 0 Å². The number of unbranched alkanes of at least 4 members (excludes halogenated alkanes) is 47. The van der Waals surface area contributed by atoms with Crippen molar-refractivity contribution in [2.75, 3.05) is 19.8 Å². The molecule has 0 aromatic carbocycles. The molecule has 3 atom stereocenters. The van der Waals surface area contributed by atoms with Crippen LogP contribution in [0, 0.1) is 0 Å². The van der Waals surface area contributed by atoms with E-state index in [1.54, 1.807) is 6.08 Å². The first-order chi connectivity index (χ1) is 33.9. The largest absolute Gasteiger partial charge is 0.472 e. The minimum Gasteiger partial charge on any atom is -0.387 e. The molecule has 0 aromatic heterocycles. The summed E-state index contributed by atoms with van der Waals surface area (Å²) in [6, 6.07) is -0.856. The summed E-state index contributed by atoms with van der Waals surface area (Å²) in [5.41, 5.74) is 5.40. The van der Waals surface area contributed by atoms with Crippen LogP contribution in [0.5, 0.6) is 0 Å². The van der Waals surface area contributed by atoms with Crippen LogP contribution >= 0.6 is 7.82 Å². The van der Waals surface area contributed by atoms with E-state index in [0.29, 0.717) is 6.42 Å². The van der Waals surface area contributed by atoms with Crippen molar-refractivity contribution in [2.45, 2.75) is 347 Å². The fourth-order valence-corrected chi connectivity index (χ4v) is 10.5. The maximum absolute atomic E-state index is 12.9. The van der Waals surface area contributed by atoms with Crippen molar-refractivity contribution >= 4 is 13.7 Å². The molecular weight excluding hydrogens is 876 g/mol. The highest BCUT2D eigenvalue weighted by atomic mass is 31.2. The number of nitrogens with two attached hydrogens (primary N) is 1. The Morgan fingerprint density at radius 2 is 0.739 bits per heavy atom. The second-order valence-corrected chi connectivity index (χ2v) is 22.7. The summed E-state index contributed by atoms with van der Waals surface area (Å²) in [5.74, 6) is -0.186. The molecule has 0 saturated carbocycles. The van der Waals surface area contributed by atoms with Gasteiger partial charge in [-0.2, -0.15) is 0 Å². The molecule has 0 radical (unpaired) electrons. The summed E-state index contributed by atoms with van der Waals surface area (Å²) in [6.07, 6.45) is 69.0. The zero-order valence-corrected chi connectivity index (χ0v) is 47.2. The van der Waals surface area contributed by atoms with Crippen LogP contribution in [0.3, 0.4) is 0 Å². The molecule has 0 saturated heterocycles. The first kappa shape index (κ1) is 68.2. The lowest BCUT2D eigenvalue weighted by Crippen LogP contribution is -2.45. The number of phosphoric acid groups is 1. The predicted molar refractivity (Wildman–Crippen MR) is 300 cm³/mol. The minimum atomic E-state index is -4.34. The van der Waals surface area contributed by atoms with Gasteiger partial charge in [0.2, 0.25) is 5.91 Å². The molecule has 0 aliphatic rings. The Hall–Kier alpha value is -0.760. The van der Waals surface area contributed by atoms with Crippen molar-refractivity contribution < 1.29 is 28.4 Å². The van der Waals surface area contributed by atoms with E-state index in [1.807, 2.05) is 6.08 Å². The summed E-state index contributed by atoms with van der Waals surface area (Å²) in [6.45, 7) is 4.19. The van der Waals surface area contributed by atoms with E-state index in [-0.39, 0.29) is 25.7 Å². The van der Waals surface area contributed by atoms with Crippen molar-refractivity contribution in [3.05, 3.63) is 12.2 Å². The number of nitrogens with one attached hydrogen (secondary N) is 1. The predicted octanol–water partition coefficient (Wildman–Crippen LogP) is 19.0. The van der Waals surface area contributed by atoms with Crippen molar-refractivity contribution in [3.8, 4) is 0 Å². The Balaban J connectivity index is 3.78. The third-order valence-corrected chi connectivity index (χ3v) is 15.3. The van der Waals surface area contributed by atoms with Gasteiger partial charge in [-0.3, -0.25) is 13.8 Å². The molecule has 412 valence electrons. The quantitative estimate of drug-likeness (QED) is 0.0271. The molecule has 0 aromatic rings. The molecule has 8 nitrogen and oxygen atoms in total. The van der Waals surface area contributed by atoms with E-state index in [1.165, 1.54) is 276 Å². The minimum absolute atomic E-state index is 0.0817. The zero-order chi connectivity index (χ0) is 50.2. The first-order valence-corrected chi connectivity index (χ1v) is 32.3. The van der Waals surface area contributed by atoms with Gasteiger partial charge in [-0.25, -0.2) is 4.57 Å². The van der Waals surface area contributed by atoms with E-state index >= 15 is 0 Å². The second kappa shape index (κ2) is 56.5. The average Bonchev–Trinajstić information content (AvgIpc) is 3.34. The lowest BCUT2D eigenvalue weighted by Gasteiger charge is -2.23. The number of aliphatic hydroxyl groups is 1. The molecule has 1 amide bonds. The topological polar surface area (TPSA) is 131 Å². The second-order valence-electron chi connectivity index (χ2n) is 21.3. The normalized spacial score (nSPS) is 13.6. The highest BCUT2D eigenvalue weighted by Crippen LogP contribution is 2.43. The molecule has 69 heavy (non-hydrogen) atoms. The fourth-order valence-electron chi connectivity index (χ4n) is 9.73. The standard InChI is InChI=1S/C60H121N2O6P/c1-3-5-7-9-11-13-15-17-19-20-21-22-23-24-25-26-27-28-29-30-31-32-33-34-35-36-37-38-40-42-44-46-48-50-52-54-60(64)62-58(57-68-69(65,66)67-56-55-61)59(63)53-51-49-47-45-43-41-39-18-16-14-12-10-8-6-4-2/h51,53,58-59,63H,3-50,52,54-57,61H2,1-2H3,(H,62,64)(H,65,66)/b53-51+/t58-,59+/m0/s1. The van der Waals surface area contributed by atoms with Gasteiger partial charge in [-0.1, -0.05) is 321 Å². The van der Waals surface area contributed by atoms with Gasteiger partial charge in [0.05, 0.1) is 25.4 Å². The van der Waals surface area contributed by atoms with E-state index < -0.39 is 20.0 Å². The number of rotatable bonds is 59. The number of phosphoric ester groups is 1. The Morgan fingerprint density at radius 1 is 0.464 bits per heavy atom. The van der Waals surface area contributed by atoms with Crippen LogP contribution in [-0.4, -0.2) is 47.8 Å². The molecule has 0 heterocycles. The van der Waals surface area contributed by atoms with Crippen LogP contribution in [-0.2, 0) is 18.4 Å². The molecule has 0 aliphatic carbocycles. The van der Waals surface area contributed by atoms with Crippen LogP contribution in [0.2, 0.25) is 0 Å². The maximum atomic E-state index is 12.9. The third-order valence-electron chi connectivity index (χ3n) is 14.4. The molecule has 0 aliphatic heterocycles. The highest BCUT2D eigenvalue weighted by Gasteiger charge is 2.27. The van der Waals surface area contributed by atoms with E-state index in [9.17, 15) is 19.4 Å². The van der Waals surface area contributed by atoms with Crippen LogP contribution in [0.1, 0.15) is 335 Å². The summed E-state index contributed by atoms with van der Waals surface area (Å²) >= 11 is 0. The molecule has 0 bridgehead atoms. The highest BCUT2D eigenvalue weighted by molar-refractivity contribution is 7.47.